The van der Waals surface area contributed by atoms with Crippen molar-refractivity contribution in [2.75, 3.05) is 6.54 Å². The minimum atomic E-state index is -5.09. The molecule has 0 saturated carbocycles. The van der Waals surface area contributed by atoms with Gasteiger partial charge in [-0.3, -0.25) is 4.79 Å². The largest absolute Gasteiger partial charge is 0.478 e. The van der Waals surface area contributed by atoms with E-state index < -0.39 is 40.9 Å². The second-order valence-electron chi connectivity index (χ2n) is 9.66. The molecule has 4 rings (SSSR count). The molecule has 0 heterocycles. The van der Waals surface area contributed by atoms with Crippen molar-refractivity contribution in [3.8, 4) is 11.1 Å². The van der Waals surface area contributed by atoms with Crippen LogP contribution >= 0.6 is 0 Å². The molecule has 0 radical (unpaired) electrons. The molecular weight excluding hydrogens is 560 g/mol. The molecule has 4 aromatic rings. The van der Waals surface area contributed by atoms with Gasteiger partial charge in [0.1, 0.15) is 0 Å². The predicted octanol–water partition coefficient (Wildman–Crippen LogP) is 8.36. The van der Waals surface area contributed by atoms with E-state index in [4.69, 9.17) is 0 Å². The number of carboxylic acid groups (broad SMARTS) is 1. The lowest BCUT2D eigenvalue weighted by Crippen LogP contribution is -2.32. The number of carbonyl (C=O) groups is 2. The van der Waals surface area contributed by atoms with Crippen molar-refractivity contribution in [2.24, 2.45) is 0 Å². The van der Waals surface area contributed by atoms with Crippen LogP contribution in [0.1, 0.15) is 49.4 Å². The lowest BCUT2D eigenvalue weighted by Gasteiger charge is -2.24. The molecule has 0 aliphatic rings. The van der Waals surface area contributed by atoms with Gasteiger partial charge in [-0.25, -0.2) is 4.79 Å². The summed E-state index contributed by atoms with van der Waals surface area (Å²) in [5.41, 5.74) is -1.18. The van der Waals surface area contributed by atoms with Crippen LogP contribution in [-0.2, 0) is 25.3 Å². The molecule has 10 heteroatoms. The lowest BCUT2D eigenvalue weighted by atomic mass is 9.98. The van der Waals surface area contributed by atoms with E-state index in [9.17, 15) is 41.0 Å². The van der Waals surface area contributed by atoms with Gasteiger partial charge in [0.15, 0.2) is 0 Å². The zero-order chi connectivity index (χ0) is 30.5. The Kier molecular flexibility index (Phi) is 9.04. The summed E-state index contributed by atoms with van der Waals surface area (Å²) in [6, 6.07) is 23.1. The van der Waals surface area contributed by atoms with E-state index in [0.29, 0.717) is 41.7 Å². The fourth-order valence-electron chi connectivity index (χ4n) is 4.56. The summed E-state index contributed by atoms with van der Waals surface area (Å²) >= 11 is 0. The molecule has 1 N–H and O–H groups in total. The van der Waals surface area contributed by atoms with Crippen LogP contribution in [0.3, 0.4) is 0 Å². The summed E-state index contributed by atoms with van der Waals surface area (Å²) in [6.45, 7) is -0.0268. The summed E-state index contributed by atoms with van der Waals surface area (Å²) in [7, 11) is 0. The maximum absolute atomic E-state index is 13.5. The van der Waals surface area contributed by atoms with E-state index in [1.807, 2.05) is 30.3 Å². The van der Waals surface area contributed by atoms with Crippen LogP contribution in [0.4, 0.5) is 26.3 Å². The molecule has 42 heavy (non-hydrogen) atoms. The van der Waals surface area contributed by atoms with E-state index in [1.54, 1.807) is 42.5 Å². The van der Waals surface area contributed by atoms with E-state index in [-0.39, 0.29) is 24.7 Å². The van der Waals surface area contributed by atoms with Gasteiger partial charge in [0, 0.05) is 18.7 Å². The molecule has 0 unspecified atom stereocenters. The minimum absolute atomic E-state index is 0.00971. The average molecular weight is 586 g/mol. The Morgan fingerprint density at radius 2 is 1.26 bits per heavy atom. The lowest BCUT2D eigenvalue weighted by molar-refractivity contribution is -0.143. The fraction of sp³-hybridized carbons (Fsp3) is 0.188. The molecule has 0 aromatic heterocycles. The molecule has 0 fully saturated rings. The SMILES string of the molecule is O=C(O)c1ccccc1-c1ccc(CN(CCCc2ccccc2)C(=O)c2cc(C(F)(F)F)cc(C(F)(F)F)c2)cc1. The molecule has 0 aliphatic carbocycles. The van der Waals surface area contributed by atoms with Gasteiger partial charge in [0.05, 0.1) is 16.7 Å². The van der Waals surface area contributed by atoms with Crippen molar-refractivity contribution in [2.45, 2.75) is 31.7 Å². The molecule has 0 spiro atoms. The summed E-state index contributed by atoms with van der Waals surface area (Å²) in [6.07, 6.45) is -9.23. The van der Waals surface area contributed by atoms with Gasteiger partial charge >= 0.3 is 18.3 Å². The van der Waals surface area contributed by atoms with Crippen LogP contribution in [-0.4, -0.2) is 28.4 Å². The number of hydrogen-bond acceptors (Lipinski definition) is 2. The van der Waals surface area contributed by atoms with Gasteiger partial charge in [-0.15, -0.1) is 0 Å². The Bertz CT molecular complexity index is 1520. The monoisotopic (exact) mass is 585 g/mol. The zero-order valence-corrected chi connectivity index (χ0v) is 22.0. The maximum Gasteiger partial charge on any atom is 0.416 e. The first kappa shape index (κ1) is 30.4. The molecule has 0 saturated heterocycles. The number of benzene rings is 4. The Morgan fingerprint density at radius 3 is 1.83 bits per heavy atom. The quantitative estimate of drug-likeness (QED) is 0.201. The van der Waals surface area contributed by atoms with Crippen molar-refractivity contribution in [1.29, 1.82) is 0 Å². The number of aromatic carboxylic acids is 1. The highest BCUT2D eigenvalue weighted by atomic mass is 19.4. The van der Waals surface area contributed by atoms with Gasteiger partial charge in [-0.05, 0) is 59.4 Å². The highest BCUT2D eigenvalue weighted by molar-refractivity contribution is 5.96. The number of alkyl halides is 6. The number of halogens is 6. The van der Waals surface area contributed by atoms with Crippen LogP contribution in [0.5, 0.6) is 0 Å². The van der Waals surface area contributed by atoms with Crippen LogP contribution < -0.4 is 0 Å². The Balaban J connectivity index is 1.65. The number of hydrogen-bond donors (Lipinski definition) is 1. The number of carbonyl (C=O) groups excluding carboxylic acids is 1. The average Bonchev–Trinajstić information content (AvgIpc) is 2.96. The first-order chi connectivity index (χ1) is 19.8. The highest BCUT2D eigenvalue weighted by Crippen LogP contribution is 2.36. The minimum Gasteiger partial charge on any atom is -0.478 e. The van der Waals surface area contributed by atoms with Gasteiger partial charge in [-0.2, -0.15) is 26.3 Å². The molecule has 0 aliphatic heterocycles. The maximum atomic E-state index is 13.5. The number of nitrogens with zero attached hydrogens (tertiary/aromatic N) is 1. The summed E-state index contributed by atoms with van der Waals surface area (Å²) in [4.78, 5) is 26.3. The van der Waals surface area contributed by atoms with Crippen molar-refractivity contribution < 1.29 is 41.0 Å². The smallest absolute Gasteiger partial charge is 0.416 e. The normalized spacial score (nSPS) is 11.8. The van der Waals surface area contributed by atoms with Crippen molar-refractivity contribution >= 4 is 11.9 Å². The number of amides is 1. The van der Waals surface area contributed by atoms with Crippen molar-refractivity contribution in [1.82, 2.24) is 4.90 Å². The van der Waals surface area contributed by atoms with E-state index in [1.165, 1.54) is 11.0 Å². The Labute approximate surface area is 237 Å². The topological polar surface area (TPSA) is 57.6 Å². The Morgan fingerprint density at radius 1 is 0.690 bits per heavy atom. The second-order valence-corrected chi connectivity index (χ2v) is 9.66. The fourth-order valence-corrected chi connectivity index (χ4v) is 4.56. The third-order valence-electron chi connectivity index (χ3n) is 6.65. The summed E-state index contributed by atoms with van der Waals surface area (Å²) in [5.74, 6) is -2.08. The van der Waals surface area contributed by atoms with E-state index >= 15 is 0 Å². The van der Waals surface area contributed by atoms with Gasteiger partial charge in [-0.1, -0.05) is 72.8 Å². The van der Waals surface area contributed by atoms with Crippen molar-refractivity contribution in [3.63, 3.8) is 0 Å². The highest BCUT2D eigenvalue weighted by Gasteiger charge is 2.38. The first-order valence-electron chi connectivity index (χ1n) is 12.9. The number of aryl methyl sites for hydroxylation is 1. The second kappa shape index (κ2) is 12.5. The van der Waals surface area contributed by atoms with Crippen molar-refractivity contribution in [3.05, 3.63) is 130 Å². The van der Waals surface area contributed by atoms with Crippen LogP contribution in [0.25, 0.3) is 11.1 Å². The molecule has 0 bridgehead atoms. The van der Waals surface area contributed by atoms with Gasteiger partial charge < -0.3 is 10.0 Å². The Hall–Kier alpha value is -4.60. The number of rotatable bonds is 9. The predicted molar refractivity (Wildman–Crippen MR) is 145 cm³/mol. The number of carboxylic acids is 1. The van der Waals surface area contributed by atoms with Crippen LogP contribution in [0, 0.1) is 0 Å². The first-order valence-corrected chi connectivity index (χ1v) is 12.9. The van der Waals surface area contributed by atoms with Crippen LogP contribution in [0.2, 0.25) is 0 Å². The summed E-state index contributed by atoms with van der Waals surface area (Å²) < 4.78 is 80.8. The zero-order valence-electron chi connectivity index (χ0n) is 22.0. The van der Waals surface area contributed by atoms with Crippen LogP contribution in [0.15, 0.2) is 97.1 Å². The van der Waals surface area contributed by atoms with Gasteiger partial charge in [0.25, 0.3) is 5.91 Å². The third-order valence-corrected chi connectivity index (χ3v) is 6.65. The van der Waals surface area contributed by atoms with Gasteiger partial charge in [0.2, 0.25) is 0 Å². The standard InChI is InChI=1S/C32H25F6NO3/c33-31(34,35)25-17-24(18-26(19-25)32(36,37)38)29(40)39(16-6-9-21-7-2-1-3-8-21)20-22-12-14-23(15-13-22)27-10-4-5-11-28(27)30(41)42/h1-5,7-8,10-15,17-19H,6,9,16,20H2,(H,41,42). The molecule has 4 nitrogen and oxygen atoms in total. The molecular formula is C32H25F6NO3. The molecule has 0 atom stereocenters. The summed E-state index contributed by atoms with van der Waals surface area (Å²) in [5, 5.41) is 9.49. The molecule has 218 valence electrons. The third kappa shape index (κ3) is 7.57. The van der Waals surface area contributed by atoms with E-state index in [0.717, 1.165) is 5.56 Å². The molecule has 1 amide bonds. The molecule has 4 aromatic carbocycles. The van der Waals surface area contributed by atoms with E-state index in [2.05, 4.69) is 0 Å².